The van der Waals surface area contributed by atoms with Gasteiger partial charge in [-0.1, -0.05) is 13.0 Å². The molecule has 1 N–H and O–H groups in total. The Hall–Kier alpha value is -3.04. The molecule has 0 amide bonds. The summed E-state index contributed by atoms with van der Waals surface area (Å²) in [6, 6.07) is 2.85. The molecule has 0 saturated carbocycles. The smallest absolute Gasteiger partial charge is 0.314 e. The molecule has 3 aromatic rings. The van der Waals surface area contributed by atoms with Crippen molar-refractivity contribution in [1.29, 1.82) is 0 Å². The summed E-state index contributed by atoms with van der Waals surface area (Å²) in [5.74, 6) is -2.09. The minimum absolute atomic E-state index is 0.136. The van der Waals surface area contributed by atoms with Gasteiger partial charge in [-0.25, -0.2) is 18.7 Å². The molecule has 6 nitrogen and oxygen atoms in total. The summed E-state index contributed by atoms with van der Waals surface area (Å²) in [5.41, 5.74) is 0.538. The average Bonchev–Trinajstić information content (AvgIpc) is 3.11. The van der Waals surface area contributed by atoms with Crippen molar-refractivity contribution in [2.45, 2.75) is 25.8 Å². The lowest BCUT2D eigenvalue weighted by atomic mass is 10.0. The van der Waals surface area contributed by atoms with Crippen LogP contribution < -0.4 is 5.32 Å². The minimum atomic E-state index is -2.87. The van der Waals surface area contributed by atoms with Gasteiger partial charge < -0.3 is 9.73 Å². The minimum Gasteiger partial charge on any atom is -0.415 e. The topological polar surface area (TPSA) is 76.7 Å². The van der Waals surface area contributed by atoms with Gasteiger partial charge in [0.2, 0.25) is 5.95 Å². The molecule has 0 aliphatic rings. The van der Waals surface area contributed by atoms with Crippen LogP contribution in [0.4, 0.5) is 23.5 Å². The summed E-state index contributed by atoms with van der Waals surface area (Å²) in [6.07, 6.45) is 0.251. The standard InChI is InChI=1S/C16H13F4N5O/c1-2-12(10-4-3-9(17)5-11(10)18)23-16-21-6-8(7-22-16)14-24-25-15(26-14)13(19)20/h3-7,12-13H,2H2,1H3,(H,21,22,23). The lowest BCUT2D eigenvalue weighted by Gasteiger charge is -2.18. The van der Waals surface area contributed by atoms with Gasteiger partial charge >= 0.3 is 6.43 Å². The highest BCUT2D eigenvalue weighted by atomic mass is 19.3. The monoisotopic (exact) mass is 367 g/mol. The van der Waals surface area contributed by atoms with Gasteiger partial charge in [-0.15, -0.1) is 10.2 Å². The molecule has 2 heterocycles. The molecule has 136 valence electrons. The molecule has 1 unspecified atom stereocenters. The summed E-state index contributed by atoms with van der Waals surface area (Å²) in [6.45, 7) is 1.82. The molecule has 0 aliphatic heterocycles. The number of alkyl halides is 2. The third kappa shape index (κ3) is 3.79. The van der Waals surface area contributed by atoms with E-state index in [1.165, 1.54) is 24.5 Å². The van der Waals surface area contributed by atoms with Crippen molar-refractivity contribution in [3.8, 4) is 11.5 Å². The lowest BCUT2D eigenvalue weighted by molar-refractivity contribution is 0.116. The Morgan fingerprint density at radius 3 is 2.42 bits per heavy atom. The van der Waals surface area contributed by atoms with E-state index < -0.39 is 30.0 Å². The van der Waals surface area contributed by atoms with Crippen LogP contribution in [0.3, 0.4) is 0 Å². The predicted molar refractivity (Wildman–Crippen MR) is 83.3 cm³/mol. The molecular weight excluding hydrogens is 354 g/mol. The third-order valence-corrected chi connectivity index (χ3v) is 3.58. The zero-order valence-electron chi connectivity index (χ0n) is 13.5. The molecule has 0 aliphatic carbocycles. The number of hydrogen-bond donors (Lipinski definition) is 1. The number of rotatable bonds is 6. The van der Waals surface area contributed by atoms with Gasteiger partial charge in [0.25, 0.3) is 11.8 Å². The van der Waals surface area contributed by atoms with E-state index in [1.54, 1.807) is 0 Å². The second-order valence-corrected chi connectivity index (χ2v) is 5.31. The highest BCUT2D eigenvalue weighted by molar-refractivity contribution is 5.50. The highest BCUT2D eigenvalue weighted by Crippen LogP contribution is 2.25. The zero-order valence-corrected chi connectivity index (χ0v) is 13.5. The van der Waals surface area contributed by atoms with Crippen molar-refractivity contribution in [2.24, 2.45) is 0 Å². The van der Waals surface area contributed by atoms with E-state index in [0.717, 1.165) is 6.07 Å². The van der Waals surface area contributed by atoms with Crippen LogP contribution in [0, 0.1) is 11.6 Å². The van der Waals surface area contributed by atoms with Crippen molar-refractivity contribution in [3.05, 3.63) is 53.7 Å². The van der Waals surface area contributed by atoms with E-state index in [9.17, 15) is 17.6 Å². The molecule has 0 spiro atoms. The predicted octanol–water partition coefficient (Wildman–Crippen LogP) is 4.31. The number of hydrogen-bond acceptors (Lipinski definition) is 6. The molecule has 2 aromatic heterocycles. The molecule has 26 heavy (non-hydrogen) atoms. The Bertz CT molecular complexity index is 885. The van der Waals surface area contributed by atoms with Gasteiger partial charge in [0.1, 0.15) is 11.6 Å². The summed E-state index contributed by atoms with van der Waals surface area (Å²) >= 11 is 0. The first-order valence-corrected chi connectivity index (χ1v) is 7.63. The zero-order chi connectivity index (χ0) is 18.7. The molecule has 10 heteroatoms. The van der Waals surface area contributed by atoms with Gasteiger partial charge in [0.15, 0.2) is 0 Å². The summed E-state index contributed by atoms with van der Waals surface area (Å²) in [4.78, 5) is 8.07. The van der Waals surface area contributed by atoms with Gasteiger partial charge in [0, 0.05) is 24.0 Å². The van der Waals surface area contributed by atoms with E-state index in [2.05, 4.69) is 25.5 Å². The summed E-state index contributed by atoms with van der Waals surface area (Å²) in [7, 11) is 0. The van der Waals surface area contributed by atoms with Gasteiger partial charge in [0.05, 0.1) is 11.6 Å². The van der Waals surface area contributed by atoms with Crippen LogP contribution in [0.5, 0.6) is 0 Å². The van der Waals surface area contributed by atoms with E-state index in [0.29, 0.717) is 6.42 Å². The number of anilines is 1. The maximum absolute atomic E-state index is 13.9. The fourth-order valence-electron chi connectivity index (χ4n) is 2.29. The first kappa shape index (κ1) is 17.8. The van der Waals surface area contributed by atoms with Crippen LogP contribution in [0.15, 0.2) is 35.0 Å². The van der Waals surface area contributed by atoms with Gasteiger partial charge in [-0.3, -0.25) is 0 Å². The van der Waals surface area contributed by atoms with Crippen molar-refractivity contribution in [1.82, 2.24) is 20.2 Å². The molecule has 0 saturated heterocycles. The van der Waals surface area contributed by atoms with Gasteiger partial charge in [-0.2, -0.15) is 8.78 Å². The lowest BCUT2D eigenvalue weighted by Crippen LogP contribution is -2.13. The van der Waals surface area contributed by atoms with Gasteiger partial charge in [-0.05, 0) is 12.5 Å². The second-order valence-electron chi connectivity index (χ2n) is 5.31. The Balaban J connectivity index is 1.77. The third-order valence-electron chi connectivity index (χ3n) is 3.58. The maximum Gasteiger partial charge on any atom is 0.314 e. The quantitative estimate of drug-likeness (QED) is 0.655. The number of nitrogens with zero attached hydrogens (tertiary/aromatic N) is 4. The molecular formula is C16H13F4N5O. The fraction of sp³-hybridized carbons (Fsp3) is 0.250. The van der Waals surface area contributed by atoms with Crippen LogP contribution in [-0.4, -0.2) is 20.2 Å². The molecule has 3 rings (SSSR count). The Kier molecular flexibility index (Phi) is 5.10. The molecule has 0 radical (unpaired) electrons. The van der Waals surface area contributed by atoms with Crippen molar-refractivity contribution >= 4 is 5.95 Å². The van der Waals surface area contributed by atoms with E-state index in [-0.39, 0.29) is 23.0 Å². The van der Waals surface area contributed by atoms with Crippen molar-refractivity contribution < 1.29 is 22.0 Å². The SMILES string of the molecule is CCC(Nc1ncc(-c2nnc(C(F)F)o2)cn1)c1ccc(F)cc1F. The fourth-order valence-corrected chi connectivity index (χ4v) is 2.29. The molecule has 1 aromatic carbocycles. The summed E-state index contributed by atoms with van der Waals surface area (Å²) in [5, 5.41) is 9.66. The van der Waals surface area contributed by atoms with E-state index >= 15 is 0 Å². The van der Waals surface area contributed by atoms with Crippen molar-refractivity contribution in [2.75, 3.05) is 5.32 Å². The normalized spacial score (nSPS) is 12.4. The van der Waals surface area contributed by atoms with Crippen LogP contribution in [0.25, 0.3) is 11.5 Å². The highest BCUT2D eigenvalue weighted by Gasteiger charge is 2.18. The number of aromatic nitrogens is 4. The van der Waals surface area contributed by atoms with E-state index in [1.807, 2.05) is 6.92 Å². The average molecular weight is 367 g/mol. The molecule has 0 fully saturated rings. The number of benzene rings is 1. The first-order chi connectivity index (χ1) is 12.5. The van der Waals surface area contributed by atoms with Crippen LogP contribution in [0.2, 0.25) is 0 Å². The number of halogens is 4. The number of nitrogens with one attached hydrogen (secondary N) is 1. The Morgan fingerprint density at radius 2 is 1.85 bits per heavy atom. The Labute approximate surface area is 145 Å². The van der Waals surface area contributed by atoms with Crippen LogP contribution in [-0.2, 0) is 0 Å². The van der Waals surface area contributed by atoms with Crippen LogP contribution in [0.1, 0.15) is 37.3 Å². The second kappa shape index (κ2) is 7.46. The largest absolute Gasteiger partial charge is 0.415 e. The summed E-state index contributed by atoms with van der Waals surface area (Å²) < 4.78 is 56.7. The van der Waals surface area contributed by atoms with E-state index in [4.69, 9.17) is 4.42 Å². The maximum atomic E-state index is 13.9. The van der Waals surface area contributed by atoms with Crippen LogP contribution >= 0.6 is 0 Å². The first-order valence-electron chi connectivity index (χ1n) is 7.63. The van der Waals surface area contributed by atoms with Crippen molar-refractivity contribution in [3.63, 3.8) is 0 Å². The molecule has 1 atom stereocenters. The molecule has 0 bridgehead atoms. The Morgan fingerprint density at radius 1 is 1.12 bits per heavy atom.